The normalized spacial score (nSPS) is 23.6. The maximum Gasteiger partial charge on any atom is 0.307 e. The molecule has 1 rings (SSSR count). The van der Waals surface area contributed by atoms with Crippen LogP contribution in [-0.2, 0) is 23.9 Å². The number of nitrogens with one attached hydrogen (secondary N) is 1. The molecule has 3 atom stereocenters. The van der Waals surface area contributed by atoms with Gasteiger partial charge in [-0.25, -0.2) is 0 Å². The number of Topliss-reactive ketones (excluding diaryl/α,β-unsaturated/α-hetero) is 1. The Morgan fingerprint density at radius 2 is 2.13 bits per heavy atom. The Balaban J connectivity index is 2.43. The molecular formula is C14H22N2O7. The molecule has 130 valence electrons. The maximum absolute atomic E-state index is 11.9. The third-order valence-electron chi connectivity index (χ3n) is 3.92. The highest BCUT2D eigenvalue weighted by Gasteiger charge is 2.44. The van der Waals surface area contributed by atoms with Gasteiger partial charge in [0.2, 0.25) is 6.54 Å². The van der Waals surface area contributed by atoms with Crippen molar-refractivity contribution < 1.29 is 28.8 Å². The number of hydrogen-bond acceptors (Lipinski definition) is 7. The van der Waals surface area contributed by atoms with Crippen LogP contribution in [0.15, 0.2) is 0 Å². The van der Waals surface area contributed by atoms with Crippen LogP contribution in [0.4, 0.5) is 0 Å². The molecule has 1 aliphatic carbocycles. The first kappa shape index (κ1) is 19.0. The lowest BCUT2D eigenvalue weighted by atomic mass is 9.88. The zero-order chi connectivity index (χ0) is 17.4. The molecule has 1 N–H and O–H groups in total. The van der Waals surface area contributed by atoms with Crippen LogP contribution in [0.2, 0.25) is 0 Å². The number of nitrogens with zero attached hydrogens (tertiary/aromatic N) is 1. The van der Waals surface area contributed by atoms with Crippen molar-refractivity contribution in [1.82, 2.24) is 5.32 Å². The van der Waals surface area contributed by atoms with Crippen LogP contribution in [0.25, 0.3) is 0 Å². The zero-order valence-corrected chi connectivity index (χ0v) is 13.3. The molecular weight excluding hydrogens is 308 g/mol. The SMILES string of the molecule is COCCNC(=O)COC(=O)C[C@H]1C(=O)C[C@H](C)[C@H]1C[N+](=O)[O-]. The predicted molar refractivity (Wildman–Crippen MR) is 78.1 cm³/mol. The third kappa shape index (κ3) is 6.31. The highest BCUT2D eigenvalue weighted by molar-refractivity contribution is 5.88. The van der Waals surface area contributed by atoms with Gasteiger partial charge >= 0.3 is 5.97 Å². The first-order valence-corrected chi connectivity index (χ1v) is 7.41. The Morgan fingerprint density at radius 3 is 2.74 bits per heavy atom. The van der Waals surface area contributed by atoms with E-state index in [1.807, 2.05) is 0 Å². The van der Waals surface area contributed by atoms with Gasteiger partial charge in [-0.15, -0.1) is 0 Å². The average Bonchev–Trinajstić information content (AvgIpc) is 2.72. The molecule has 1 aliphatic rings. The van der Waals surface area contributed by atoms with Gasteiger partial charge < -0.3 is 14.8 Å². The number of hydrogen-bond donors (Lipinski definition) is 1. The van der Waals surface area contributed by atoms with Crippen molar-refractivity contribution in [2.75, 3.05) is 33.4 Å². The number of carbonyl (C=O) groups is 3. The summed E-state index contributed by atoms with van der Waals surface area (Å²) in [6, 6.07) is 0. The van der Waals surface area contributed by atoms with Gasteiger partial charge in [-0.3, -0.25) is 24.5 Å². The summed E-state index contributed by atoms with van der Waals surface area (Å²) >= 11 is 0. The Morgan fingerprint density at radius 1 is 1.43 bits per heavy atom. The average molecular weight is 330 g/mol. The number of ether oxygens (including phenoxy) is 2. The van der Waals surface area contributed by atoms with Crippen LogP contribution in [0.5, 0.6) is 0 Å². The molecule has 0 unspecified atom stereocenters. The van der Waals surface area contributed by atoms with E-state index in [1.54, 1.807) is 6.92 Å². The lowest BCUT2D eigenvalue weighted by Gasteiger charge is -2.17. The topological polar surface area (TPSA) is 125 Å². The lowest BCUT2D eigenvalue weighted by molar-refractivity contribution is -0.490. The predicted octanol–water partition coefficient (Wildman–Crippen LogP) is -0.200. The minimum absolute atomic E-state index is 0.136. The minimum atomic E-state index is -0.709. The third-order valence-corrected chi connectivity index (χ3v) is 3.92. The fourth-order valence-electron chi connectivity index (χ4n) is 2.73. The van der Waals surface area contributed by atoms with Gasteiger partial charge in [-0.05, 0) is 5.92 Å². The van der Waals surface area contributed by atoms with Crippen molar-refractivity contribution in [2.24, 2.45) is 17.8 Å². The van der Waals surface area contributed by atoms with E-state index < -0.39 is 35.2 Å². The molecule has 0 aromatic heterocycles. The van der Waals surface area contributed by atoms with Crippen LogP contribution in [0.3, 0.4) is 0 Å². The molecule has 1 amide bonds. The molecule has 0 aromatic carbocycles. The molecule has 0 radical (unpaired) electrons. The minimum Gasteiger partial charge on any atom is -0.456 e. The van der Waals surface area contributed by atoms with Gasteiger partial charge in [-0.1, -0.05) is 6.92 Å². The number of carbonyl (C=O) groups excluding carboxylic acids is 3. The Labute approximate surface area is 133 Å². The second kappa shape index (κ2) is 9.19. The van der Waals surface area contributed by atoms with Gasteiger partial charge in [0, 0.05) is 36.8 Å². The summed E-state index contributed by atoms with van der Waals surface area (Å²) < 4.78 is 9.58. The fourth-order valence-corrected chi connectivity index (χ4v) is 2.73. The van der Waals surface area contributed by atoms with Gasteiger partial charge in [0.05, 0.1) is 13.0 Å². The standard InChI is InChI=1S/C14H22N2O7/c1-9-5-12(17)10(11(9)7-16(20)21)6-14(19)23-8-13(18)15-3-4-22-2/h9-11H,3-8H2,1-2H3,(H,15,18)/t9-,10+,11+/m0/s1. The number of methoxy groups -OCH3 is 1. The van der Waals surface area contributed by atoms with Gasteiger partial charge in [0.15, 0.2) is 6.61 Å². The Kier molecular flexibility index (Phi) is 7.60. The summed E-state index contributed by atoms with van der Waals surface area (Å²) in [5.74, 6) is -2.65. The number of rotatable bonds is 9. The van der Waals surface area contributed by atoms with Gasteiger partial charge in [-0.2, -0.15) is 0 Å². The molecule has 0 bridgehead atoms. The summed E-state index contributed by atoms with van der Waals surface area (Å²) in [4.78, 5) is 45.3. The second-order valence-corrected chi connectivity index (χ2v) is 5.64. The van der Waals surface area contributed by atoms with Gasteiger partial charge in [0.25, 0.3) is 5.91 Å². The van der Waals surface area contributed by atoms with Crippen molar-refractivity contribution in [3.63, 3.8) is 0 Å². The number of nitro groups is 1. The van der Waals surface area contributed by atoms with E-state index in [-0.39, 0.29) is 31.1 Å². The first-order valence-electron chi connectivity index (χ1n) is 7.41. The Bertz CT molecular complexity index is 466. The molecule has 0 saturated heterocycles. The molecule has 9 nitrogen and oxygen atoms in total. The number of ketones is 1. The second-order valence-electron chi connectivity index (χ2n) is 5.64. The van der Waals surface area contributed by atoms with E-state index in [2.05, 4.69) is 5.32 Å². The molecule has 9 heteroatoms. The molecule has 1 fully saturated rings. The summed E-state index contributed by atoms with van der Waals surface area (Å²) in [6.07, 6.45) is 0.000980. The van der Waals surface area contributed by atoms with Crippen LogP contribution in [0.1, 0.15) is 19.8 Å². The van der Waals surface area contributed by atoms with E-state index in [1.165, 1.54) is 7.11 Å². The van der Waals surface area contributed by atoms with E-state index in [0.29, 0.717) is 13.2 Å². The first-order chi connectivity index (χ1) is 10.8. The molecule has 0 spiro atoms. The monoisotopic (exact) mass is 330 g/mol. The lowest BCUT2D eigenvalue weighted by Crippen LogP contribution is -2.32. The largest absolute Gasteiger partial charge is 0.456 e. The van der Waals surface area contributed by atoms with Crippen LogP contribution in [-0.4, -0.2) is 56.0 Å². The molecule has 0 aliphatic heterocycles. The van der Waals surface area contributed by atoms with E-state index in [9.17, 15) is 24.5 Å². The smallest absolute Gasteiger partial charge is 0.307 e. The Hall–Kier alpha value is -2.03. The quantitative estimate of drug-likeness (QED) is 0.268. The van der Waals surface area contributed by atoms with Crippen molar-refractivity contribution in [2.45, 2.75) is 19.8 Å². The van der Waals surface area contributed by atoms with Crippen molar-refractivity contribution in [3.8, 4) is 0 Å². The van der Waals surface area contributed by atoms with Crippen molar-refractivity contribution >= 4 is 17.7 Å². The number of amides is 1. The fraction of sp³-hybridized carbons (Fsp3) is 0.786. The van der Waals surface area contributed by atoms with Crippen molar-refractivity contribution in [3.05, 3.63) is 10.1 Å². The summed E-state index contributed by atoms with van der Waals surface area (Å²) in [5.41, 5.74) is 0. The summed E-state index contributed by atoms with van der Waals surface area (Å²) in [7, 11) is 1.49. The maximum atomic E-state index is 11.9. The number of esters is 1. The van der Waals surface area contributed by atoms with Crippen LogP contribution >= 0.6 is 0 Å². The van der Waals surface area contributed by atoms with Crippen LogP contribution < -0.4 is 5.32 Å². The molecule has 0 aromatic rings. The highest BCUT2D eigenvalue weighted by atomic mass is 16.6. The van der Waals surface area contributed by atoms with E-state index >= 15 is 0 Å². The summed E-state index contributed by atoms with van der Waals surface area (Å²) in [5, 5.41) is 13.2. The van der Waals surface area contributed by atoms with E-state index in [4.69, 9.17) is 9.47 Å². The molecule has 0 heterocycles. The molecule has 23 heavy (non-hydrogen) atoms. The van der Waals surface area contributed by atoms with Gasteiger partial charge in [0.1, 0.15) is 5.78 Å². The zero-order valence-electron chi connectivity index (χ0n) is 13.3. The molecule has 1 saturated carbocycles. The highest BCUT2D eigenvalue weighted by Crippen LogP contribution is 2.36. The van der Waals surface area contributed by atoms with Crippen LogP contribution in [0, 0.1) is 27.9 Å². The summed E-state index contributed by atoms with van der Waals surface area (Å²) in [6.45, 7) is 1.62. The van der Waals surface area contributed by atoms with E-state index in [0.717, 1.165) is 0 Å². The van der Waals surface area contributed by atoms with Crippen molar-refractivity contribution in [1.29, 1.82) is 0 Å².